The zero-order valence-electron chi connectivity index (χ0n) is 30.5. The van der Waals surface area contributed by atoms with Gasteiger partial charge in [-0.15, -0.1) is 24.3 Å². The number of pyridine rings is 1. The van der Waals surface area contributed by atoms with Crippen molar-refractivity contribution in [1.82, 2.24) is 33.7 Å². The van der Waals surface area contributed by atoms with E-state index >= 15 is 0 Å². The summed E-state index contributed by atoms with van der Waals surface area (Å²) in [6, 6.07) is 23.5. The third-order valence-corrected chi connectivity index (χ3v) is 8.94. The third-order valence-electron chi connectivity index (χ3n) is 8.94. The van der Waals surface area contributed by atoms with Gasteiger partial charge in [0.05, 0.1) is 39.0 Å². The fourth-order valence-corrected chi connectivity index (χ4v) is 6.21. The first-order valence-electron chi connectivity index (χ1n) is 16.7. The molecule has 7 nitrogen and oxygen atoms in total. The van der Waals surface area contributed by atoms with E-state index < -0.39 is 0 Å². The fourth-order valence-electron chi connectivity index (χ4n) is 6.21. The van der Waals surface area contributed by atoms with Crippen LogP contribution in [0.2, 0.25) is 0 Å². The number of halogens is 1. The Morgan fingerprint density at radius 2 is 1.16 bits per heavy atom. The van der Waals surface area contributed by atoms with Crippen molar-refractivity contribution in [3.8, 4) is 0 Å². The predicted molar refractivity (Wildman–Crippen MR) is 197 cm³/mol. The first-order chi connectivity index (χ1) is 22.9. The Kier molecular flexibility index (Phi) is 8.64. The van der Waals surface area contributed by atoms with Gasteiger partial charge in [-0.3, -0.25) is 24.3 Å². The van der Waals surface area contributed by atoms with E-state index in [2.05, 4.69) is 109 Å². The Morgan fingerprint density at radius 3 is 1.84 bits per heavy atom. The summed E-state index contributed by atoms with van der Waals surface area (Å²) < 4.78 is 17.8. The molecule has 9 heteroatoms. The smallest absolute Gasteiger partial charge is 0.103 e. The molecule has 0 bridgehead atoms. The summed E-state index contributed by atoms with van der Waals surface area (Å²) in [5, 5.41) is 1.62. The fraction of sp³-hybridized carbons (Fsp3) is 0.341. The maximum absolute atomic E-state index is 13.6. The average Bonchev–Trinajstić information content (AvgIpc) is 3.58. The Balaban J connectivity index is 0.000000173. The van der Waals surface area contributed by atoms with Gasteiger partial charge in [0.25, 0.3) is 0 Å². The third kappa shape index (κ3) is 6.05. The molecule has 259 valence electrons. The molecule has 8 rings (SSSR count). The molecule has 0 unspecified atom stereocenters. The molecule has 5 heterocycles. The van der Waals surface area contributed by atoms with E-state index in [4.69, 9.17) is 24.9 Å². The van der Waals surface area contributed by atoms with Crippen LogP contribution in [0.5, 0.6) is 0 Å². The minimum absolute atomic E-state index is 0. The standard InChI is InChI=1S/C23H27N4.C18H15FN3.Ir/c1-13-11-16-17(12-14(13)2)27-20(24-16)15-9-10-18(22(3,4)5)25-19(15)26-21(27)23(6,7)8;1-18(2,3)17-21-14-10-11(19)8-9-12(14)16-20-13-6-4-5-7-15(13)22(16)17;/h10-12H,1-8H3;4-8,10H,1-3H3;/q2*-1;. The molecule has 0 saturated carbocycles. The Bertz CT molecular complexity index is 2600. The van der Waals surface area contributed by atoms with E-state index in [1.807, 2.05) is 30.3 Å². The number of rotatable bonds is 0. The van der Waals surface area contributed by atoms with Crippen molar-refractivity contribution in [2.24, 2.45) is 0 Å². The molecule has 0 atom stereocenters. The van der Waals surface area contributed by atoms with Crippen LogP contribution in [0.1, 0.15) is 90.8 Å². The van der Waals surface area contributed by atoms with E-state index in [9.17, 15) is 4.39 Å². The van der Waals surface area contributed by atoms with E-state index in [1.165, 1.54) is 23.3 Å². The summed E-state index contributed by atoms with van der Waals surface area (Å²) in [5.74, 6) is 1.51. The van der Waals surface area contributed by atoms with Crippen LogP contribution in [-0.2, 0) is 36.4 Å². The van der Waals surface area contributed by atoms with Crippen LogP contribution >= 0.6 is 0 Å². The second-order valence-electron chi connectivity index (χ2n) is 16.1. The zero-order chi connectivity index (χ0) is 35.2. The molecule has 3 aromatic carbocycles. The van der Waals surface area contributed by atoms with Crippen LogP contribution in [0.25, 0.3) is 55.3 Å². The van der Waals surface area contributed by atoms with E-state index in [-0.39, 0.29) is 42.2 Å². The monoisotopic (exact) mass is 844 g/mol. The number of fused-ring (bicyclic) bond motifs is 10. The molecular weight excluding hydrogens is 802 g/mol. The van der Waals surface area contributed by atoms with E-state index in [0.29, 0.717) is 5.52 Å². The van der Waals surface area contributed by atoms with Crippen molar-refractivity contribution >= 4 is 55.3 Å². The molecule has 5 aromatic heterocycles. The van der Waals surface area contributed by atoms with Crippen molar-refractivity contribution < 1.29 is 24.5 Å². The number of imidazole rings is 2. The summed E-state index contributed by atoms with van der Waals surface area (Å²) >= 11 is 0. The molecule has 0 fully saturated rings. The van der Waals surface area contributed by atoms with Crippen LogP contribution in [0.3, 0.4) is 0 Å². The van der Waals surface area contributed by atoms with Crippen LogP contribution in [0.15, 0.2) is 54.6 Å². The van der Waals surface area contributed by atoms with Crippen molar-refractivity contribution in [1.29, 1.82) is 0 Å². The number of para-hydroxylation sites is 2. The normalized spacial score (nSPS) is 12.6. The first kappa shape index (κ1) is 35.5. The van der Waals surface area contributed by atoms with Gasteiger partial charge in [-0.25, -0.2) is 0 Å². The molecule has 0 aliphatic carbocycles. The Morgan fingerprint density at radius 1 is 0.580 bits per heavy atom. The minimum atomic E-state index is -0.333. The van der Waals surface area contributed by atoms with Crippen molar-refractivity contribution in [2.45, 2.75) is 92.4 Å². The molecule has 8 aromatic rings. The van der Waals surface area contributed by atoms with Crippen LogP contribution < -0.4 is 0 Å². The number of aryl methyl sites for hydroxylation is 2. The second kappa shape index (κ2) is 12.2. The molecule has 0 N–H and O–H groups in total. The molecule has 0 amide bonds. The van der Waals surface area contributed by atoms with Gasteiger partial charge in [0.1, 0.15) is 11.6 Å². The molecular formula is C41H42FIrN7-2. The van der Waals surface area contributed by atoms with Gasteiger partial charge in [-0.05, 0) is 65.9 Å². The van der Waals surface area contributed by atoms with Gasteiger partial charge < -0.3 is 13.8 Å². The van der Waals surface area contributed by atoms with E-state index in [0.717, 1.165) is 67.1 Å². The zero-order valence-corrected chi connectivity index (χ0v) is 32.9. The number of hydrogen-bond donors (Lipinski definition) is 0. The van der Waals surface area contributed by atoms with Crippen molar-refractivity contribution in [3.63, 3.8) is 0 Å². The minimum Gasteiger partial charge on any atom is -0.330 e. The summed E-state index contributed by atoms with van der Waals surface area (Å²) in [6.45, 7) is 23.6. The Labute approximate surface area is 305 Å². The van der Waals surface area contributed by atoms with Crippen LogP contribution in [-0.4, -0.2) is 33.7 Å². The maximum atomic E-state index is 13.6. The first-order valence-corrected chi connectivity index (χ1v) is 16.7. The number of benzene rings is 3. The summed E-state index contributed by atoms with van der Waals surface area (Å²) in [4.78, 5) is 24.3. The van der Waals surface area contributed by atoms with Gasteiger partial charge in [0.15, 0.2) is 0 Å². The van der Waals surface area contributed by atoms with Crippen molar-refractivity contribution in [3.05, 3.63) is 101 Å². The summed E-state index contributed by atoms with van der Waals surface area (Å²) in [5.41, 5.74) is 10.1. The van der Waals surface area contributed by atoms with Crippen molar-refractivity contribution in [2.75, 3.05) is 0 Å². The Hall–Kier alpha value is -4.33. The summed E-state index contributed by atoms with van der Waals surface area (Å²) in [7, 11) is 0. The molecule has 0 spiro atoms. The predicted octanol–water partition coefficient (Wildman–Crippen LogP) is 9.71. The number of nitrogens with zero attached hydrogens (tertiary/aromatic N) is 7. The van der Waals surface area contributed by atoms with Crippen LogP contribution in [0.4, 0.5) is 4.39 Å². The molecule has 0 aliphatic rings. The van der Waals surface area contributed by atoms with Crippen LogP contribution in [0, 0.1) is 31.8 Å². The van der Waals surface area contributed by atoms with Gasteiger partial charge in [0.2, 0.25) is 0 Å². The van der Waals surface area contributed by atoms with E-state index in [1.54, 1.807) is 0 Å². The number of aromatic nitrogens is 7. The average molecular weight is 844 g/mol. The van der Waals surface area contributed by atoms with Gasteiger partial charge in [-0.1, -0.05) is 91.3 Å². The van der Waals surface area contributed by atoms with Gasteiger partial charge in [0, 0.05) is 36.8 Å². The molecule has 1 radical (unpaired) electrons. The maximum Gasteiger partial charge on any atom is 0.103 e. The number of hydrogen-bond acceptors (Lipinski definition) is 5. The van der Waals surface area contributed by atoms with Gasteiger partial charge >= 0.3 is 0 Å². The SMILES string of the molecule is CC(C)(C)c1nc2cc(F)c[c-]c2c2nc3ccccc3n12.Cc1cc2nc3c4[c-]cc(C(C)(C)C)nc4nc(C(C)(C)C)n3c2cc1C.[Ir]. The second-order valence-corrected chi connectivity index (χ2v) is 16.1. The topological polar surface area (TPSA) is 73.3 Å². The molecule has 50 heavy (non-hydrogen) atoms. The molecule has 0 aliphatic heterocycles. The van der Waals surface area contributed by atoms with Gasteiger partial charge in [-0.2, -0.15) is 0 Å². The molecule has 0 saturated heterocycles. The summed E-state index contributed by atoms with van der Waals surface area (Å²) in [6.07, 6.45) is 0. The quantitative estimate of drug-likeness (QED) is 0.142. The largest absolute Gasteiger partial charge is 0.330 e.